The van der Waals surface area contributed by atoms with E-state index >= 15 is 0 Å². The summed E-state index contributed by atoms with van der Waals surface area (Å²) in [4.78, 5) is 15.6. The van der Waals surface area contributed by atoms with Gasteiger partial charge >= 0.3 is 5.97 Å². The van der Waals surface area contributed by atoms with Gasteiger partial charge in [0.25, 0.3) is 0 Å². The van der Waals surface area contributed by atoms with E-state index < -0.39 is 12.1 Å². The minimum absolute atomic E-state index is 0.205. The molecule has 3 aromatic rings. The number of aromatic hydroxyl groups is 1. The topological polar surface area (TPSA) is 88.4 Å². The van der Waals surface area contributed by atoms with Gasteiger partial charge in [-0.3, -0.25) is 0 Å². The average Bonchev–Trinajstić information content (AvgIpc) is 2.73. The van der Waals surface area contributed by atoms with Crippen LogP contribution in [0.3, 0.4) is 0 Å². The number of ether oxygens (including phenoxy) is 1. The van der Waals surface area contributed by atoms with Gasteiger partial charge in [-0.1, -0.05) is 35.5 Å². The van der Waals surface area contributed by atoms with E-state index in [0.29, 0.717) is 32.4 Å². The molecule has 2 N–H and O–H groups in total. The monoisotopic (exact) mass is 547 g/mol. The van der Waals surface area contributed by atoms with Crippen molar-refractivity contribution in [1.82, 2.24) is 0 Å². The molecule has 0 aliphatic rings. The van der Waals surface area contributed by atoms with E-state index in [1.54, 1.807) is 30.3 Å². The maximum Gasteiger partial charge on any atom is 0.347 e. The first-order valence-corrected chi connectivity index (χ1v) is 10.9. The van der Waals surface area contributed by atoms with E-state index in [1.807, 2.05) is 30.3 Å². The highest BCUT2D eigenvalue weighted by atomic mass is 79.9. The molecule has 0 spiro atoms. The molecule has 0 aromatic heterocycles. The molecular weight excluding hydrogens is 530 g/mol. The predicted octanol–water partition coefficient (Wildman–Crippen LogP) is 6.12. The summed E-state index contributed by atoms with van der Waals surface area (Å²) in [5.74, 6) is 0.235. The van der Waals surface area contributed by atoms with Crippen molar-refractivity contribution in [1.29, 1.82) is 0 Å². The highest BCUT2D eigenvalue weighted by Crippen LogP contribution is 2.38. The fourth-order valence-corrected chi connectivity index (χ4v) is 4.06. The maximum absolute atomic E-state index is 10.8. The van der Waals surface area contributed by atoms with Crippen molar-refractivity contribution < 1.29 is 24.6 Å². The van der Waals surface area contributed by atoms with Crippen molar-refractivity contribution in [2.45, 2.75) is 19.4 Å². The first kappa shape index (κ1) is 22.8. The van der Waals surface area contributed by atoms with Gasteiger partial charge in [0.2, 0.25) is 6.10 Å². The average molecular weight is 549 g/mol. The predicted molar refractivity (Wildman–Crippen MR) is 125 cm³/mol. The van der Waals surface area contributed by atoms with Gasteiger partial charge < -0.3 is 19.8 Å². The molecule has 0 heterocycles. The number of hydrogen-bond acceptors (Lipinski definition) is 5. The summed E-state index contributed by atoms with van der Waals surface area (Å²) < 4.78 is 7.36. The fourth-order valence-electron chi connectivity index (χ4n) is 2.68. The summed E-state index contributed by atoms with van der Waals surface area (Å²) in [5.41, 5.74) is 2.52. The first-order chi connectivity index (χ1) is 14.8. The fraction of sp³-hybridized carbons (Fsp3) is 0.130. The maximum atomic E-state index is 10.8. The highest BCUT2D eigenvalue weighted by molar-refractivity contribution is 9.11. The Bertz CT molecular complexity index is 1080. The number of halogens is 2. The van der Waals surface area contributed by atoms with Crippen LogP contribution in [0.25, 0.3) is 0 Å². The lowest BCUT2D eigenvalue weighted by Gasteiger charge is -2.13. The Labute approximate surface area is 196 Å². The zero-order chi connectivity index (χ0) is 22.4. The number of carboxylic acids is 1. The van der Waals surface area contributed by atoms with Gasteiger partial charge in [-0.2, -0.15) is 0 Å². The number of nitrogens with zero attached hydrogens (tertiary/aromatic N) is 1. The molecule has 0 radical (unpaired) electrons. The van der Waals surface area contributed by atoms with Crippen molar-refractivity contribution >= 4 is 44.0 Å². The molecule has 1 atom stereocenters. The van der Waals surface area contributed by atoms with Crippen LogP contribution in [0.2, 0.25) is 0 Å². The minimum atomic E-state index is -1.09. The van der Waals surface area contributed by atoms with Gasteiger partial charge in [0, 0.05) is 12.0 Å². The first-order valence-electron chi connectivity index (χ1n) is 9.28. The zero-order valence-electron chi connectivity index (χ0n) is 16.5. The van der Waals surface area contributed by atoms with E-state index in [4.69, 9.17) is 14.7 Å². The molecule has 3 aromatic carbocycles. The summed E-state index contributed by atoms with van der Waals surface area (Å²) in [6, 6.07) is 18.5. The molecule has 0 aliphatic heterocycles. The van der Waals surface area contributed by atoms with Crippen LogP contribution in [-0.4, -0.2) is 28.5 Å². The van der Waals surface area contributed by atoms with Gasteiger partial charge in [-0.15, -0.1) is 0 Å². The Hall–Kier alpha value is -2.84. The van der Waals surface area contributed by atoms with Gasteiger partial charge in [-0.25, -0.2) is 4.79 Å². The molecule has 6 nitrogen and oxygen atoms in total. The van der Waals surface area contributed by atoms with Crippen molar-refractivity contribution in [3.63, 3.8) is 0 Å². The lowest BCUT2D eigenvalue weighted by Crippen LogP contribution is -2.17. The van der Waals surface area contributed by atoms with Crippen LogP contribution in [0.5, 0.6) is 17.2 Å². The SMILES string of the molecule is CC(ON=Cc1cc(Br)c(Oc2ccc(O)c(Cc3ccccc3)c2)c(Br)c1)C(=O)O. The molecule has 0 saturated carbocycles. The van der Waals surface area contributed by atoms with Crippen LogP contribution in [0.15, 0.2) is 74.8 Å². The summed E-state index contributed by atoms with van der Waals surface area (Å²) >= 11 is 6.97. The number of phenolic OH excluding ortho intramolecular Hbond substituents is 1. The van der Waals surface area contributed by atoms with Gasteiger partial charge in [-0.05, 0) is 80.2 Å². The van der Waals surface area contributed by atoms with Crippen LogP contribution in [0.4, 0.5) is 0 Å². The molecule has 0 bridgehead atoms. The summed E-state index contributed by atoms with van der Waals surface area (Å²) in [6.45, 7) is 1.39. The molecule has 0 aliphatic carbocycles. The van der Waals surface area contributed by atoms with Gasteiger partial charge in [0.15, 0.2) is 5.75 Å². The molecule has 8 heteroatoms. The van der Waals surface area contributed by atoms with Crippen molar-refractivity contribution in [2.75, 3.05) is 0 Å². The van der Waals surface area contributed by atoms with Crippen LogP contribution >= 0.6 is 31.9 Å². The van der Waals surface area contributed by atoms with Crippen LogP contribution in [-0.2, 0) is 16.1 Å². The standard InChI is InChI=1S/C23H19Br2NO5/c1-14(23(28)29)31-26-13-16-10-19(24)22(20(25)11-16)30-18-7-8-21(27)17(12-18)9-15-5-3-2-4-6-15/h2-8,10-14,27H,9H2,1H3,(H,28,29). The van der Waals surface area contributed by atoms with Crippen molar-refractivity contribution in [3.8, 4) is 17.2 Å². The summed E-state index contributed by atoms with van der Waals surface area (Å²) in [5, 5.41) is 22.7. The number of oxime groups is 1. The number of carboxylic acid groups (broad SMARTS) is 1. The Kier molecular flexibility index (Phi) is 7.70. The largest absolute Gasteiger partial charge is 0.508 e. The molecule has 1 unspecified atom stereocenters. The summed E-state index contributed by atoms with van der Waals surface area (Å²) in [6.07, 6.45) is 0.957. The van der Waals surface area contributed by atoms with Crippen molar-refractivity contribution in [3.05, 3.63) is 86.3 Å². The molecule has 0 saturated heterocycles. The second-order valence-electron chi connectivity index (χ2n) is 6.69. The number of hydrogen-bond donors (Lipinski definition) is 2. The van der Waals surface area contributed by atoms with E-state index in [9.17, 15) is 9.90 Å². The van der Waals surface area contributed by atoms with Crippen molar-refractivity contribution in [2.24, 2.45) is 5.16 Å². The molecule has 3 rings (SSSR count). The van der Waals surface area contributed by atoms with Crippen LogP contribution < -0.4 is 4.74 Å². The molecule has 0 fully saturated rings. The molecular formula is C23H19Br2NO5. The third-order valence-electron chi connectivity index (χ3n) is 4.30. The van der Waals surface area contributed by atoms with Gasteiger partial charge in [0.05, 0.1) is 15.2 Å². The van der Waals surface area contributed by atoms with E-state index in [0.717, 1.165) is 11.1 Å². The minimum Gasteiger partial charge on any atom is -0.508 e. The third-order valence-corrected chi connectivity index (χ3v) is 5.48. The Morgan fingerprint density at radius 2 is 1.77 bits per heavy atom. The number of benzene rings is 3. The Balaban J connectivity index is 1.77. The smallest absolute Gasteiger partial charge is 0.347 e. The second kappa shape index (κ2) is 10.5. The quantitative estimate of drug-likeness (QED) is 0.261. The number of carbonyl (C=O) groups is 1. The van der Waals surface area contributed by atoms with Crippen LogP contribution in [0.1, 0.15) is 23.6 Å². The third kappa shape index (κ3) is 6.32. The van der Waals surface area contributed by atoms with Crippen LogP contribution in [0, 0.1) is 0 Å². The lowest BCUT2D eigenvalue weighted by atomic mass is 10.0. The normalized spacial score (nSPS) is 12.0. The van der Waals surface area contributed by atoms with Gasteiger partial charge in [0.1, 0.15) is 11.5 Å². The number of phenols is 1. The zero-order valence-corrected chi connectivity index (χ0v) is 19.6. The van der Waals surface area contributed by atoms with E-state index in [-0.39, 0.29) is 5.75 Å². The van der Waals surface area contributed by atoms with E-state index in [2.05, 4.69) is 37.0 Å². The lowest BCUT2D eigenvalue weighted by molar-refractivity contribution is -0.149. The Morgan fingerprint density at radius 3 is 2.42 bits per heavy atom. The second-order valence-corrected chi connectivity index (χ2v) is 8.40. The van der Waals surface area contributed by atoms with E-state index in [1.165, 1.54) is 13.1 Å². The summed E-state index contributed by atoms with van der Waals surface area (Å²) in [7, 11) is 0. The molecule has 0 amide bonds. The number of aliphatic carboxylic acids is 1. The molecule has 160 valence electrons. The highest BCUT2D eigenvalue weighted by Gasteiger charge is 2.13. The number of rotatable bonds is 8. The molecule has 31 heavy (non-hydrogen) atoms. The Morgan fingerprint density at radius 1 is 1.10 bits per heavy atom.